The summed E-state index contributed by atoms with van der Waals surface area (Å²) in [5.41, 5.74) is 7.66. The molecule has 6 rings (SSSR count). The van der Waals surface area contributed by atoms with E-state index in [9.17, 15) is 9.59 Å². The number of thiazole rings is 1. The van der Waals surface area contributed by atoms with Crippen molar-refractivity contribution in [2.75, 3.05) is 20.8 Å². The van der Waals surface area contributed by atoms with Crippen molar-refractivity contribution >= 4 is 23.4 Å². The third-order valence-electron chi connectivity index (χ3n) is 8.61. The van der Waals surface area contributed by atoms with E-state index >= 15 is 0 Å². The highest BCUT2D eigenvalue weighted by molar-refractivity contribution is 7.07. The Labute approximate surface area is 283 Å². The molecule has 0 fully saturated rings. The minimum absolute atomic E-state index is 0.193. The molecule has 1 atom stereocenters. The predicted octanol–water partition coefficient (Wildman–Crippen LogP) is 6.67. The fourth-order valence-corrected chi connectivity index (χ4v) is 7.38. The van der Waals surface area contributed by atoms with Crippen LogP contribution in [0.5, 0.6) is 11.5 Å². The molecule has 9 heteroatoms. The number of rotatable bonds is 10. The maximum absolute atomic E-state index is 14.4. The van der Waals surface area contributed by atoms with Gasteiger partial charge in [0.05, 0.1) is 36.6 Å². The molecule has 3 aromatic carbocycles. The number of fused-ring (bicyclic) bond motifs is 1. The minimum atomic E-state index is -0.815. The van der Waals surface area contributed by atoms with Gasteiger partial charge in [-0.25, -0.2) is 9.79 Å². The Morgan fingerprint density at radius 1 is 0.938 bits per heavy atom. The number of methoxy groups -OCH3 is 2. The number of carbonyl (C=O) groups is 1. The van der Waals surface area contributed by atoms with E-state index in [-0.39, 0.29) is 12.2 Å². The molecule has 0 aliphatic carbocycles. The average Bonchev–Trinajstić information content (AvgIpc) is 3.57. The molecule has 3 heterocycles. The lowest BCUT2D eigenvalue weighted by molar-refractivity contribution is -0.139. The van der Waals surface area contributed by atoms with Crippen LogP contribution < -0.4 is 24.4 Å². The zero-order valence-corrected chi connectivity index (χ0v) is 28.9. The van der Waals surface area contributed by atoms with Crippen LogP contribution in [0, 0.1) is 13.8 Å². The number of aromatic nitrogens is 2. The van der Waals surface area contributed by atoms with Crippen LogP contribution in [0.2, 0.25) is 0 Å². The number of ether oxygens (including phenoxy) is 3. The highest BCUT2D eigenvalue weighted by atomic mass is 32.1. The number of hydrogen-bond acceptors (Lipinski definition) is 7. The lowest BCUT2D eigenvalue weighted by Crippen LogP contribution is -2.40. The van der Waals surface area contributed by atoms with E-state index in [1.54, 1.807) is 37.8 Å². The third-order valence-corrected chi connectivity index (χ3v) is 9.60. The largest absolute Gasteiger partial charge is 0.497 e. The lowest BCUT2D eigenvalue weighted by Gasteiger charge is -2.27. The number of allylic oxidation sites excluding steroid dienone is 1. The van der Waals surface area contributed by atoms with Crippen molar-refractivity contribution in [3.8, 4) is 28.3 Å². The molecule has 8 nitrogen and oxygen atoms in total. The van der Waals surface area contributed by atoms with Gasteiger partial charge in [-0.2, -0.15) is 0 Å². The molecule has 0 saturated heterocycles. The number of hydrogen-bond donors (Lipinski definition) is 0. The van der Waals surface area contributed by atoms with E-state index in [1.807, 2.05) is 37.3 Å². The normalized spacial score (nSPS) is 14.5. The van der Waals surface area contributed by atoms with Crippen molar-refractivity contribution in [2.24, 2.45) is 4.99 Å². The van der Waals surface area contributed by atoms with Crippen molar-refractivity contribution in [1.29, 1.82) is 0 Å². The van der Waals surface area contributed by atoms with Gasteiger partial charge >= 0.3 is 5.97 Å². The van der Waals surface area contributed by atoms with Gasteiger partial charge in [0.25, 0.3) is 5.56 Å². The third kappa shape index (κ3) is 6.02. The zero-order chi connectivity index (χ0) is 33.9. The van der Waals surface area contributed by atoms with Crippen LogP contribution in [0.4, 0.5) is 0 Å². The maximum Gasteiger partial charge on any atom is 0.338 e. The van der Waals surface area contributed by atoms with Crippen LogP contribution >= 0.6 is 11.3 Å². The second-order valence-corrected chi connectivity index (χ2v) is 12.6. The summed E-state index contributed by atoms with van der Waals surface area (Å²) < 4.78 is 21.2. The molecule has 0 bridgehead atoms. The molecule has 0 radical (unpaired) electrons. The highest BCUT2D eigenvalue weighted by Crippen LogP contribution is 2.39. The number of aryl methyl sites for hydroxylation is 1. The Hall–Kier alpha value is -5.15. The summed E-state index contributed by atoms with van der Waals surface area (Å²) in [5.74, 6) is 0.599. The highest BCUT2D eigenvalue weighted by Gasteiger charge is 2.36. The number of esters is 1. The van der Waals surface area contributed by atoms with Crippen LogP contribution in [-0.2, 0) is 9.53 Å². The maximum atomic E-state index is 14.4. The van der Waals surface area contributed by atoms with Gasteiger partial charge in [0, 0.05) is 22.6 Å². The molecule has 0 unspecified atom stereocenters. The first-order chi connectivity index (χ1) is 23.3. The van der Waals surface area contributed by atoms with Crippen LogP contribution in [0.15, 0.2) is 99.9 Å². The summed E-state index contributed by atoms with van der Waals surface area (Å²) in [6.45, 7) is 8.12. The number of benzene rings is 3. The molecule has 48 heavy (non-hydrogen) atoms. The first kappa shape index (κ1) is 32.8. The number of carbonyl (C=O) groups excluding carboxylic acids is 1. The second kappa shape index (κ2) is 13.9. The summed E-state index contributed by atoms with van der Waals surface area (Å²) in [5, 5.41) is 0. The summed E-state index contributed by atoms with van der Waals surface area (Å²) in [4.78, 5) is 33.5. The van der Waals surface area contributed by atoms with Gasteiger partial charge in [0.15, 0.2) is 4.80 Å². The average molecular weight is 662 g/mol. The molecule has 0 saturated carbocycles. The van der Waals surface area contributed by atoms with E-state index in [2.05, 4.69) is 60.9 Å². The molecule has 0 spiro atoms. The molecule has 1 aliphatic rings. The number of nitrogens with zero attached hydrogens (tertiary/aromatic N) is 3. The molecule has 1 aliphatic heterocycles. The second-order valence-electron chi connectivity index (χ2n) is 11.6. The van der Waals surface area contributed by atoms with Gasteiger partial charge in [-0.05, 0) is 86.4 Å². The molecule has 2 aromatic heterocycles. The SMILES string of the molecule is CCCC1=C(C(=O)OCC)[C@H](c2cc(OC)ccc2OC)n2c(s/c(=C\c3cc(C)n(-c4ccc(-c5ccccc5)cc4)c3C)c2=O)=N1. The van der Waals surface area contributed by atoms with Crippen molar-refractivity contribution in [3.63, 3.8) is 0 Å². The van der Waals surface area contributed by atoms with E-state index in [0.29, 0.717) is 44.1 Å². The summed E-state index contributed by atoms with van der Waals surface area (Å²) in [7, 11) is 3.15. The van der Waals surface area contributed by atoms with Gasteiger partial charge in [0.2, 0.25) is 0 Å². The molecule has 0 N–H and O–H groups in total. The molecular weight excluding hydrogens is 623 g/mol. The molecule has 246 valence electrons. The quantitative estimate of drug-likeness (QED) is 0.156. The van der Waals surface area contributed by atoms with Gasteiger partial charge in [-0.15, -0.1) is 0 Å². The van der Waals surface area contributed by atoms with Gasteiger partial charge in [-0.3, -0.25) is 9.36 Å². The van der Waals surface area contributed by atoms with Gasteiger partial charge in [0.1, 0.15) is 17.5 Å². The van der Waals surface area contributed by atoms with Crippen LogP contribution in [0.3, 0.4) is 0 Å². The Bertz CT molecular complexity index is 2190. The smallest absolute Gasteiger partial charge is 0.338 e. The first-order valence-electron chi connectivity index (χ1n) is 16.1. The van der Waals surface area contributed by atoms with Gasteiger partial charge in [-0.1, -0.05) is 67.1 Å². The van der Waals surface area contributed by atoms with Crippen molar-refractivity contribution in [1.82, 2.24) is 9.13 Å². The summed E-state index contributed by atoms with van der Waals surface area (Å²) in [6.07, 6.45) is 3.23. The monoisotopic (exact) mass is 661 g/mol. The summed E-state index contributed by atoms with van der Waals surface area (Å²) in [6, 6.07) is 25.5. The van der Waals surface area contributed by atoms with Crippen molar-refractivity contribution in [2.45, 2.75) is 46.6 Å². The van der Waals surface area contributed by atoms with E-state index in [1.165, 1.54) is 16.9 Å². The van der Waals surface area contributed by atoms with Gasteiger partial charge < -0.3 is 18.8 Å². The Kier molecular flexibility index (Phi) is 9.50. The standard InChI is InChI=1S/C39H39N3O5S/c1-7-12-32-35(38(44)47-8-2)36(31-23-30(45-5)19-20-33(31)46-6)42-37(43)34(48-39(42)40-32)22-28-21-24(3)41(25(28)4)29-17-15-27(16-18-29)26-13-10-9-11-14-26/h9-11,13-23,36H,7-8,12H2,1-6H3/b34-22-/t36-/m0/s1. The fourth-order valence-electron chi connectivity index (χ4n) is 6.37. The Morgan fingerprint density at radius 3 is 2.33 bits per heavy atom. The zero-order valence-electron chi connectivity index (χ0n) is 28.1. The lowest BCUT2D eigenvalue weighted by atomic mass is 9.93. The fraction of sp³-hybridized carbons (Fsp3) is 0.256. The van der Waals surface area contributed by atoms with Crippen molar-refractivity contribution in [3.05, 3.63) is 132 Å². The Balaban J connectivity index is 1.51. The molecule has 0 amide bonds. The van der Waals surface area contributed by atoms with Crippen molar-refractivity contribution < 1.29 is 19.0 Å². The van der Waals surface area contributed by atoms with E-state index in [0.717, 1.165) is 34.6 Å². The first-order valence-corrected chi connectivity index (χ1v) is 16.9. The minimum Gasteiger partial charge on any atom is -0.497 e. The predicted molar refractivity (Wildman–Crippen MR) is 190 cm³/mol. The Morgan fingerprint density at radius 2 is 1.67 bits per heavy atom. The van der Waals surface area contributed by atoms with Crippen LogP contribution in [0.1, 0.15) is 55.2 Å². The molecule has 5 aromatic rings. The summed E-state index contributed by atoms with van der Waals surface area (Å²) >= 11 is 1.32. The molecular formula is C39H39N3O5S. The van der Waals surface area contributed by atoms with Crippen LogP contribution in [-0.4, -0.2) is 35.9 Å². The van der Waals surface area contributed by atoms with E-state index < -0.39 is 12.0 Å². The topological polar surface area (TPSA) is 84.0 Å². The van der Waals surface area contributed by atoms with E-state index in [4.69, 9.17) is 19.2 Å². The van der Waals surface area contributed by atoms with Crippen LogP contribution in [0.25, 0.3) is 22.9 Å².